The van der Waals surface area contributed by atoms with Crippen LogP contribution in [0.4, 0.5) is 0 Å². The molecule has 0 aliphatic heterocycles. The Morgan fingerprint density at radius 2 is 1.62 bits per heavy atom. The van der Waals surface area contributed by atoms with Crippen LogP contribution in [0.25, 0.3) is 0 Å². The van der Waals surface area contributed by atoms with Gasteiger partial charge in [0.05, 0.1) is 19.8 Å². The predicted octanol–water partition coefficient (Wildman–Crippen LogP) is 3.06. The molecule has 0 N–H and O–H groups in total. The summed E-state index contributed by atoms with van der Waals surface area (Å²) >= 11 is 0. The second-order valence-electron chi connectivity index (χ2n) is 4.50. The number of methoxy groups -OCH3 is 2. The summed E-state index contributed by atoms with van der Waals surface area (Å²) in [4.78, 5) is 23.9. The topological polar surface area (TPSA) is 52.6 Å². The fourth-order valence-corrected chi connectivity index (χ4v) is 2.28. The highest BCUT2D eigenvalue weighted by atomic mass is 16.5. The lowest BCUT2D eigenvalue weighted by atomic mass is 9.94. The molecule has 2 aromatic carbocycles. The highest BCUT2D eigenvalue weighted by molar-refractivity contribution is 6.15. The Balaban J connectivity index is 2.65. The average molecular weight is 284 g/mol. The fourth-order valence-electron chi connectivity index (χ4n) is 2.28. The molecule has 0 bridgehead atoms. The van der Waals surface area contributed by atoms with Crippen LogP contribution in [0, 0.1) is 6.92 Å². The van der Waals surface area contributed by atoms with Gasteiger partial charge in [0.25, 0.3) is 0 Å². The van der Waals surface area contributed by atoms with Crippen molar-refractivity contribution in [1.82, 2.24) is 0 Å². The third-order valence-corrected chi connectivity index (χ3v) is 3.38. The first-order valence-electron chi connectivity index (χ1n) is 6.44. The molecule has 21 heavy (non-hydrogen) atoms. The van der Waals surface area contributed by atoms with Gasteiger partial charge in [-0.3, -0.25) is 9.59 Å². The molecule has 2 rings (SSSR count). The minimum Gasteiger partial charge on any atom is -0.496 e. The molecule has 0 amide bonds. The number of benzene rings is 2. The maximum Gasteiger partial charge on any atom is 0.197 e. The smallest absolute Gasteiger partial charge is 0.197 e. The summed E-state index contributed by atoms with van der Waals surface area (Å²) in [6, 6.07) is 10.1. The molecule has 0 aromatic heterocycles. The van der Waals surface area contributed by atoms with Crippen molar-refractivity contribution in [3.05, 3.63) is 58.7 Å². The van der Waals surface area contributed by atoms with Crippen molar-refractivity contribution >= 4 is 12.1 Å². The van der Waals surface area contributed by atoms with Crippen LogP contribution >= 0.6 is 0 Å². The normalized spacial score (nSPS) is 10.0. The van der Waals surface area contributed by atoms with Crippen molar-refractivity contribution in [2.24, 2.45) is 0 Å². The van der Waals surface area contributed by atoms with Crippen LogP contribution < -0.4 is 9.47 Å². The summed E-state index contributed by atoms with van der Waals surface area (Å²) in [6.45, 7) is 1.79. The molecule has 0 radical (unpaired) electrons. The number of aldehydes is 1. The molecule has 0 saturated heterocycles. The van der Waals surface area contributed by atoms with Crippen molar-refractivity contribution in [3.63, 3.8) is 0 Å². The molecule has 0 fully saturated rings. The Hall–Kier alpha value is -2.62. The van der Waals surface area contributed by atoms with Gasteiger partial charge in [-0.25, -0.2) is 0 Å². The van der Waals surface area contributed by atoms with Gasteiger partial charge in [0, 0.05) is 16.7 Å². The van der Waals surface area contributed by atoms with E-state index in [1.54, 1.807) is 50.4 Å². The van der Waals surface area contributed by atoms with E-state index < -0.39 is 0 Å². The summed E-state index contributed by atoms with van der Waals surface area (Å²) in [5.41, 5.74) is 1.79. The summed E-state index contributed by atoms with van der Waals surface area (Å²) in [6.07, 6.45) is 0.676. The van der Waals surface area contributed by atoms with E-state index in [1.807, 2.05) is 0 Å². The second kappa shape index (κ2) is 6.22. The third kappa shape index (κ3) is 2.65. The first-order chi connectivity index (χ1) is 10.1. The van der Waals surface area contributed by atoms with E-state index in [1.165, 1.54) is 7.11 Å². The first-order valence-corrected chi connectivity index (χ1v) is 6.44. The molecule has 2 aromatic rings. The second-order valence-corrected chi connectivity index (χ2v) is 4.50. The molecule has 0 saturated carbocycles. The molecule has 0 heterocycles. The number of ether oxygens (including phenoxy) is 2. The molecule has 4 nitrogen and oxygen atoms in total. The zero-order valence-corrected chi connectivity index (χ0v) is 12.2. The van der Waals surface area contributed by atoms with Gasteiger partial charge >= 0.3 is 0 Å². The monoisotopic (exact) mass is 284 g/mol. The van der Waals surface area contributed by atoms with Crippen LogP contribution in [0.3, 0.4) is 0 Å². The molecular formula is C17H16O4. The Kier molecular flexibility index (Phi) is 4.38. The third-order valence-electron chi connectivity index (χ3n) is 3.38. The van der Waals surface area contributed by atoms with Gasteiger partial charge in [0.2, 0.25) is 0 Å². The minimum atomic E-state index is -0.258. The molecule has 0 aliphatic rings. The maximum atomic E-state index is 12.8. The minimum absolute atomic E-state index is 0.258. The largest absolute Gasteiger partial charge is 0.496 e. The zero-order valence-electron chi connectivity index (χ0n) is 12.2. The first kappa shape index (κ1) is 14.8. The Morgan fingerprint density at radius 1 is 1.00 bits per heavy atom. The fraction of sp³-hybridized carbons (Fsp3) is 0.176. The number of rotatable bonds is 5. The number of carbonyl (C=O) groups is 2. The zero-order chi connectivity index (χ0) is 15.4. The highest BCUT2D eigenvalue weighted by Gasteiger charge is 2.21. The van der Waals surface area contributed by atoms with E-state index in [4.69, 9.17) is 9.47 Å². The van der Waals surface area contributed by atoms with E-state index in [0.29, 0.717) is 40.0 Å². The predicted molar refractivity (Wildman–Crippen MR) is 79.5 cm³/mol. The van der Waals surface area contributed by atoms with Crippen LogP contribution in [-0.4, -0.2) is 26.3 Å². The van der Waals surface area contributed by atoms with E-state index in [2.05, 4.69) is 0 Å². The molecule has 108 valence electrons. The Morgan fingerprint density at radius 3 is 2.24 bits per heavy atom. The molecule has 0 unspecified atom stereocenters. The van der Waals surface area contributed by atoms with Crippen LogP contribution in [0.5, 0.6) is 11.5 Å². The van der Waals surface area contributed by atoms with Gasteiger partial charge < -0.3 is 9.47 Å². The van der Waals surface area contributed by atoms with Gasteiger partial charge in [-0.2, -0.15) is 0 Å². The van der Waals surface area contributed by atoms with Crippen LogP contribution in [0.2, 0.25) is 0 Å². The van der Waals surface area contributed by atoms with Gasteiger partial charge in [0.15, 0.2) is 12.1 Å². The Labute approximate surface area is 123 Å². The van der Waals surface area contributed by atoms with E-state index >= 15 is 0 Å². The quantitative estimate of drug-likeness (QED) is 0.625. The lowest BCUT2D eigenvalue weighted by Gasteiger charge is -2.14. The lowest BCUT2D eigenvalue weighted by molar-refractivity contribution is 0.102. The SMILES string of the molecule is COc1ccc(OC)c(C(=O)c2ccccc2C=O)c1C. The van der Waals surface area contributed by atoms with Crippen molar-refractivity contribution < 1.29 is 19.1 Å². The van der Waals surface area contributed by atoms with Crippen LogP contribution in [0.15, 0.2) is 36.4 Å². The number of hydrogen-bond acceptors (Lipinski definition) is 4. The number of carbonyl (C=O) groups excluding carboxylic acids is 2. The Bertz CT molecular complexity index is 689. The molecule has 4 heteroatoms. The van der Waals surface area contributed by atoms with E-state index in [0.717, 1.165) is 0 Å². The standard InChI is InChI=1S/C17H16O4/c1-11-14(20-2)8-9-15(21-3)16(11)17(19)13-7-5-4-6-12(13)10-18/h4-10H,1-3H3. The van der Waals surface area contributed by atoms with Gasteiger partial charge in [-0.15, -0.1) is 0 Å². The van der Waals surface area contributed by atoms with Gasteiger partial charge in [-0.05, 0) is 19.1 Å². The van der Waals surface area contributed by atoms with Crippen LogP contribution in [-0.2, 0) is 0 Å². The molecule has 0 atom stereocenters. The molecule has 0 aliphatic carbocycles. The average Bonchev–Trinajstić information content (AvgIpc) is 2.53. The summed E-state index contributed by atoms with van der Waals surface area (Å²) in [7, 11) is 3.05. The van der Waals surface area contributed by atoms with Crippen molar-refractivity contribution in [2.75, 3.05) is 14.2 Å². The number of ketones is 1. The molecular weight excluding hydrogens is 268 g/mol. The lowest BCUT2D eigenvalue weighted by Crippen LogP contribution is -2.09. The number of hydrogen-bond donors (Lipinski definition) is 0. The van der Waals surface area contributed by atoms with Gasteiger partial charge in [0.1, 0.15) is 11.5 Å². The summed E-state index contributed by atoms with van der Waals surface area (Å²) in [5, 5.41) is 0. The highest BCUT2D eigenvalue weighted by Crippen LogP contribution is 2.32. The van der Waals surface area contributed by atoms with E-state index in [-0.39, 0.29) is 5.78 Å². The summed E-state index contributed by atoms with van der Waals surface area (Å²) < 4.78 is 10.5. The van der Waals surface area contributed by atoms with Crippen molar-refractivity contribution in [2.45, 2.75) is 6.92 Å². The molecule has 0 spiro atoms. The maximum absolute atomic E-state index is 12.8. The summed E-state index contributed by atoms with van der Waals surface area (Å²) in [5.74, 6) is 0.799. The van der Waals surface area contributed by atoms with Crippen molar-refractivity contribution in [1.29, 1.82) is 0 Å². The van der Waals surface area contributed by atoms with E-state index in [9.17, 15) is 9.59 Å². The van der Waals surface area contributed by atoms with Gasteiger partial charge in [-0.1, -0.05) is 24.3 Å². The van der Waals surface area contributed by atoms with Crippen LogP contribution in [0.1, 0.15) is 31.8 Å². The van der Waals surface area contributed by atoms with Crippen molar-refractivity contribution in [3.8, 4) is 11.5 Å².